The number of aryl methyl sites for hydroxylation is 2. The highest BCUT2D eigenvalue weighted by Crippen LogP contribution is 2.18. The van der Waals surface area contributed by atoms with Gasteiger partial charge < -0.3 is 4.74 Å². The summed E-state index contributed by atoms with van der Waals surface area (Å²) >= 11 is 0. The maximum absolute atomic E-state index is 12.0. The third kappa shape index (κ3) is 3.61. The molecule has 0 spiro atoms. The van der Waals surface area contributed by atoms with E-state index in [2.05, 4.69) is 10.2 Å². The minimum absolute atomic E-state index is 0.187. The smallest absolute Gasteiger partial charge is 0.344 e. The van der Waals surface area contributed by atoms with Gasteiger partial charge in [-0.05, 0) is 32.0 Å². The van der Waals surface area contributed by atoms with Crippen LogP contribution in [0.15, 0.2) is 60.7 Å². The Morgan fingerprint density at radius 2 is 1.39 bits per heavy atom. The van der Waals surface area contributed by atoms with Crippen LogP contribution in [0.1, 0.15) is 21.5 Å². The maximum atomic E-state index is 12.0. The molecular weight excluding hydrogens is 288 g/mol. The lowest BCUT2D eigenvalue weighted by atomic mass is 10.1. The highest BCUT2D eigenvalue weighted by Gasteiger charge is 2.10. The molecule has 0 aliphatic carbocycles. The van der Waals surface area contributed by atoms with E-state index in [1.165, 1.54) is 5.56 Å². The first-order valence-corrected chi connectivity index (χ1v) is 7.31. The van der Waals surface area contributed by atoms with Crippen LogP contribution in [0.2, 0.25) is 0 Å². The molecule has 0 saturated carbocycles. The third-order valence-electron chi connectivity index (χ3n) is 3.47. The summed E-state index contributed by atoms with van der Waals surface area (Å²) in [5.41, 5.74) is 4.47. The van der Waals surface area contributed by atoms with Crippen molar-refractivity contribution in [2.45, 2.75) is 13.8 Å². The fraction of sp³-hybridized carbons (Fsp3) is 0.105. The van der Waals surface area contributed by atoms with Gasteiger partial charge in [0.05, 0.1) is 11.3 Å². The number of ether oxygens (including phenoxy) is 1. The summed E-state index contributed by atoms with van der Waals surface area (Å²) in [6, 6.07) is 18.6. The van der Waals surface area contributed by atoms with E-state index in [4.69, 9.17) is 4.74 Å². The van der Waals surface area contributed by atoms with Crippen molar-refractivity contribution in [1.82, 2.24) is 10.2 Å². The van der Waals surface area contributed by atoms with Crippen molar-refractivity contribution in [2.24, 2.45) is 0 Å². The van der Waals surface area contributed by atoms with E-state index in [9.17, 15) is 4.79 Å². The molecular formula is C19H16N2O2. The van der Waals surface area contributed by atoms with Gasteiger partial charge >= 0.3 is 5.97 Å². The van der Waals surface area contributed by atoms with Crippen molar-refractivity contribution in [3.05, 3.63) is 77.4 Å². The molecule has 4 nitrogen and oxygen atoms in total. The predicted molar refractivity (Wildman–Crippen MR) is 88.3 cm³/mol. The van der Waals surface area contributed by atoms with Crippen molar-refractivity contribution in [2.75, 3.05) is 0 Å². The number of carbonyl (C=O) groups is 1. The van der Waals surface area contributed by atoms with Crippen LogP contribution >= 0.6 is 0 Å². The van der Waals surface area contributed by atoms with Crippen LogP contribution in [-0.4, -0.2) is 16.2 Å². The Bertz CT molecular complexity index is 807. The first kappa shape index (κ1) is 14.9. The summed E-state index contributed by atoms with van der Waals surface area (Å²) in [7, 11) is 0. The summed E-state index contributed by atoms with van der Waals surface area (Å²) in [6.07, 6.45) is 0. The molecule has 0 aliphatic rings. The number of esters is 1. The molecule has 1 aromatic heterocycles. The van der Waals surface area contributed by atoms with E-state index in [1.807, 2.05) is 50.2 Å². The fourth-order valence-electron chi connectivity index (χ4n) is 2.10. The van der Waals surface area contributed by atoms with Crippen LogP contribution in [0.3, 0.4) is 0 Å². The number of hydrogen-bond acceptors (Lipinski definition) is 4. The van der Waals surface area contributed by atoms with Crippen molar-refractivity contribution in [1.29, 1.82) is 0 Å². The molecule has 23 heavy (non-hydrogen) atoms. The Kier molecular flexibility index (Phi) is 4.15. The zero-order valence-corrected chi connectivity index (χ0v) is 13.0. The molecule has 3 aromatic rings. The average Bonchev–Trinajstić information content (AvgIpc) is 2.57. The zero-order valence-electron chi connectivity index (χ0n) is 13.0. The van der Waals surface area contributed by atoms with Crippen LogP contribution in [-0.2, 0) is 0 Å². The van der Waals surface area contributed by atoms with Gasteiger partial charge in [-0.25, -0.2) is 4.79 Å². The van der Waals surface area contributed by atoms with Crippen LogP contribution in [0.5, 0.6) is 5.88 Å². The van der Waals surface area contributed by atoms with Gasteiger partial charge in [0.25, 0.3) is 0 Å². The number of aromatic nitrogens is 2. The molecule has 1 heterocycles. The SMILES string of the molecule is Cc1ccc(C(=O)Oc2ccc(-c3ccc(C)cc3)nn2)cc1. The van der Waals surface area contributed by atoms with Gasteiger partial charge in [-0.1, -0.05) is 47.5 Å². The molecule has 0 bridgehead atoms. The second-order valence-corrected chi connectivity index (χ2v) is 5.38. The van der Waals surface area contributed by atoms with Gasteiger partial charge in [-0.15, -0.1) is 10.2 Å². The lowest BCUT2D eigenvalue weighted by Gasteiger charge is -2.04. The van der Waals surface area contributed by atoms with E-state index in [0.717, 1.165) is 16.8 Å². The predicted octanol–water partition coefficient (Wildman–Crippen LogP) is 3.98. The van der Waals surface area contributed by atoms with Gasteiger partial charge in [-0.2, -0.15) is 0 Å². The molecule has 0 amide bonds. The Labute approximate surface area is 134 Å². The molecule has 4 heteroatoms. The van der Waals surface area contributed by atoms with Crippen LogP contribution in [0.25, 0.3) is 11.3 Å². The number of benzene rings is 2. The van der Waals surface area contributed by atoms with E-state index in [-0.39, 0.29) is 5.88 Å². The van der Waals surface area contributed by atoms with E-state index >= 15 is 0 Å². The van der Waals surface area contributed by atoms with Gasteiger partial charge in [0.1, 0.15) is 0 Å². The first-order valence-electron chi connectivity index (χ1n) is 7.31. The summed E-state index contributed by atoms with van der Waals surface area (Å²) in [5.74, 6) is -0.256. The summed E-state index contributed by atoms with van der Waals surface area (Å²) in [5, 5.41) is 8.08. The highest BCUT2D eigenvalue weighted by molar-refractivity contribution is 5.90. The number of nitrogens with zero attached hydrogens (tertiary/aromatic N) is 2. The molecule has 0 fully saturated rings. The Morgan fingerprint density at radius 3 is 1.96 bits per heavy atom. The Hall–Kier alpha value is -3.01. The number of hydrogen-bond donors (Lipinski definition) is 0. The molecule has 0 atom stereocenters. The first-order chi connectivity index (χ1) is 11.1. The van der Waals surface area contributed by atoms with Crippen LogP contribution < -0.4 is 4.74 Å². The standard InChI is InChI=1S/C19H16N2O2/c1-13-3-7-15(8-4-13)17-11-12-18(21-20-17)23-19(22)16-9-5-14(2)6-10-16/h3-12H,1-2H3. The maximum Gasteiger partial charge on any atom is 0.344 e. The number of rotatable bonds is 3. The molecule has 2 aromatic carbocycles. The topological polar surface area (TPSA) is 52.1 Å². The lowest BCUT2D eigenvalue weighted by Crippen LogP contribution is -2.09. The Morgan fingerprint density at radius 1 is 0.783 bits per heavy atom. The van der Waals surface area contributed by atoms with E-state index < -0.39 is 5.97 Å². The van der Waals surface area contributed by atoms with Gasteiger partial charge in [0.15, 0.2) is 0 Å². The zero-order chi connectivity index (χ0) is 16.2. The molecule has 0 unspecified atom stereocenters. The normalized spacial score (nSPS) is 10.3. The van der Waals surface area contributed by atoms with Gasteiger partial charge in [0.2, 0.25) is 5.88 Å². The summed E-state index contributed by atoms with van der Waals surface area (Å²) < 4.78 is 5.24. The van der Waals surface area contributed by atoms with Crippen molar-refractivity contribution < 1.29 is 9.53 Å². The van der Waals surface area contributed by atoms with Crippen LogP contribution in [0.4, 0.5) is 0 Å². The number of carbonyl (C=O) groups excluding carboxylic acids is 1. The summed E-state index contributed by atoms with van der Waals surface area (Å²) in [4.78, 5) is 12.0. The molecule has 3 rings (SSSR count). The average molecular weight is 304 g/mol. The van der Waals surface area contributed by atoms with Gasteiger partial charge in [0, 0.05) is 11.6 Å². The molecule has 0 radical (unpaired) electrons. The molecule has 0 saturated heterocycles. The van der Waals surface area contributed by atoms with Crippen molar-refractivity contribution >= 4 is 5.97 Å². The summed E-state index contributed by atoms with van der Waals surface area (Å²) in [6.45, 7) is 3.99. The Balaban J connectivity index is 1.73. The van der Waals surface area contributed by atoms with Gasteiger partial charge in [-0.3, -0.25) is 0 Å². The monoisotopic (exact) mass is 304 g/mol. The minimum Gasteiger partial charge on any atom is -0.402 e. The second kappa shape index (κ2) is 6.40. The minimum atomic E-state index is -0.442. The van der Waals surface area contributed by atoms with Crippen molar-refractivity contribution in [3.63, 3.8) is 0 Å². The van der Waals surface area contributed by atoms with Crippen molar-refractivity contribution in [3.8, 4) is 17.1 Å². The van der Waals surface area contributed by atoms with E-state index in [1.54, 1.807) is 24.3 Å². The lowest BCUT2D eigenvalue weighted by molar-refractivity contribution is 0.0726. The molecule has 114 valence electrons. The van der Waals surface area contributed by atoms with Crippen LogP contribution in [0, 0.1) is 13.8 Å². The molecule has 0 N–H and O–H groups in total. The van der Waals surface area contributed by atoms with E-state index in [0.29, 0.717) is 5.56 Å². The third-order valence-corrected chi connectivity index (χ3v) is 3.47. The second-order valence-electron chi connectivity index (χ2n) is 5.38. The molecule has 0 aliphatic heterocycles. The highest BCUT2D eigenvalue weighted by atomic mass is 16.5. The quantitative estimate of drug-likeness (QED) is 0.687. The fourth-order valence-corrected chi connectivity index (χ4v) is 2.10. The largest absolute Gasteiger partial charge is 0.402 e.